The van der Waals surface area contributed by atoms with Crippen LogP contribution < -0.4 is 4.74 Å². The molecule has 0 aromatic heterocycles. The molecule has 1 rings (SSSR count). The molecule has 0 saturated heterocycles. The van der Waals surface area contributed by atoms with Crippen LogP contribution in [0.15, 0.2) is 18.2 Å². The summed E-state index contributed by atoms with van der Waals surface area (Å²) in [6.45, 7) is 4.50. The van der Waals surface area contributed by atoms with Crippen molar-refractivity contribution in [2.75, 3.05) is 6.61 Å². The summed E-state index contributed by atoms with van der Waals surface area (Å²) < 4.78 is 5.58. The largest absolute Gasteiger partial charge is 0.493 e. The van der Waals surface area contributed by atoms with Crippen molar-refractivity contribution in [2.45, 2.75) is 32.8 Å². The molecule has 0 fully saturated rings. The van der Waals surface area contributed by atoms with E-state index in [1.165, 1.54) is 0 Å². The molecule has 1 atom stereocenters. The van der Waals surface area contributed by atoms with E-state index in [-0.39, 0.29) is 0 Å². The zero-order chi connectivity index (χ0) is 11.3. The summed E-state index contributed by atoms with van der Waals surface area (Å²) >= 11 is 5.86. The number of benzene rings is 1. The van der Waals surface area contributed by atoms with Crippen LogP contribution in [-0.4, -0.2) is 11.7 Å². The molecule has 1 N–H and O–H groups in total. The van der Waals surface area contributed by atoms with Gasteiger partial charge in [0.2, 0.25) is 0 Å². The highest BCUT2D eigenvalue weighted by atomic mass is 35.5. The fourth-order valence-corrected chi connectivity index (χ4v) is 1.48. The molecule has 0 radical (unpaired) electrons. The normalized spacial score (nSPS) is 12.5. The Hall–Kier alpha value is -0.730. The van der Waals surface area contributed by atoms with Crippen molar-refractivity contribution in [2.24, 2.45) is 0 Å². The second kappa shape index (κ2) is 5.99. The fourth-order valence-electron chi connectivity index (χ4n) is 1.30. The van der Waals surface area contributed by atoms with E-state index in [2.05, 4.69) is 6.92 Å². The average Bonchev–Trinajstić information content (AvgIpc) is 2.20. The molecule has 0 spiro atoms. The first-order valence-corrected chi connectivity index (χ1v) is 5.63. The zero-order valence-corrected chi connectivity index (χ0v) is 9.92. The Morgan fingerprint density at radius 3 is 2.80 bits per heavy atom. The maximum absolute atomic E-state index is 9.55. The lowest BCUT2D eigenvalue weighted by Crippen LogP contribution is -2.01. The second-order valence-corrected chi connectivity index (χ2v) is 4.00. The number of aliphatic hydroxyl groups is 1. The summed E-state index contributed by atoms with van der Waals surface area (Å²) in [5.74, 6) is 0.725. The predicted molar refractivity (Wildman–Crippen MR) is 62.5 cm³/mol. The Kier molecular flexibility index (Phi) is 4.92. The minimum atomic E-state index is -0.555. The molecule has 15 heavy (non-hydrogen) atoms. The monoisotopic (exact) mass is 228 g/mol. The number of unbranched alkanes of at least 4 members (excludes halogenated alkanes) is 1. The highest BCUT2D eigenvalue weighted by Gasteiger charge is 2.09. The van der Waals surface area contributed by atoms with E-state index >= 15 is 0 Å². The van der Waals surface area contributed by atoms with Gasteiger partial charge in [0.25, 0.3) is 0 Å². The molecule has 0 saturated carbocycles. The zero-order valence-electron chi connectivity index (χ0n) is 9.16. The third kappa shape index (κ3) is 3.73. The third-order valence-corrected chi connectivity index (χ3v) is 2.41. The number of halogens is 1. The van der Waals surface area contributed by atoms with Gasteiger partial charge in [0.15, 0.2) is 0 Å². The fraction of sp³-hybridized carbons (Fsp3) is 0.500. The Labute approximate surface area is 95.8 Å². The number of ether oxygens (including phenoxy) is 1. The van der Waals surface area contributed by atoms with Crippen LogP contribution in [0.5, 0.6) is 5.75 Å². The maximum atomic E-state index is 9.55. The van der Waals surface area contributed by atoms with Gasteiger partial charge in [-0.1, -0.05) is 24.9 Å². The molecule has 3 heteroatoms. The van der Waals surface area contributed by atoms with Gasteiger partial charge in [0.05, 0.1) is 12.7 Å². The van der Waals surface area contributed by atoms with Crippen LogP contribution in [0.2, 0.25) is 5.02 Å². The lowest BCUT2D eigenvalue weighted by Gasteiger charge is -2.13. The van der Waals surface area contributed by atoms with Gasteiger partial charge in [-0.2, -0.15) is 0 Å². The highest BCUT2D eigenvalue weighted by molar-refractivity contribution is 6.30. The predicted octanol–water partition coefficient (Wildman–Crippen LogP) is 3.57. The van der Waals surface area contributed by atoms with Crippen molar-refractivity contribution in [3.05, 3.63) is 28.8 Å². The molecule has 84 valence electrons. The minimum Gasteiger partial charge on any atom is -0.493 e. The molecule has 0 unspecified atom stereocenters. The molecule has 0 aliphatic heterocycles. The molecule has 1 aromatic carbocycles. The van der Waals surface area contributed by atoms with Crippen molar-refractivity contribution in [1.82, 2.24) is 0 Å². The Morgan fingerprint density at radius 1 is 1.47 bits per heavy atom. The van der Waals surface area contributed by atoms with Gasteiger partial charge in [-0.25, -0.2) is 0 Å². The average molecular weight is 229 g/mol. The van der Waals surface area contributed by atoms with Crippen LogP contribution in [0.4, 0.5) is 0 Å². The van der Waals surface area contributed by atoms with Crippen LogP contribution in [-0.2, 0) is 0 Å². The van der Waals surface area contributed by atoms with Crippen LogP contribution in [0, 0.1) is 0 Å². The Morgan fingerprint density at radius 2 is 2.20 bits per heavy atom. The quantitative estimate of drug-likeness (QED) is 0.781. The molecule has 2 nitrogen and oxygen atoms in total. The van der Waals surface area contributed by atoms with Crippen molar-refractivity contribution in [3.63, 3.8) is 0 Å². The number of hydrogen-bond acceptors (Lipinski definition) is 2. The molecular weight excluding hydrogens is 212 g/mol. The van der Waals surface area contributed by atoms with Crippen LogP contribution in [0.1, 0.15) is 38.4 Å². The molecular formula is C12H17ClO2. The van der Waals surface area contributed by atoms with E-state index in [1.807, 2.05) is 0 Å². The van der Waals surface area contributed by atoms with Crippen LogP contribution >= 0.6 is 11.6 Å². The summed E-state index contributed by atoms with van der Waals surface area (Å²) in [6, 6.07) is 5.32. The summed E-state index contributed by atoms with van der Waals surface area (Å²) in [4.78, 5) is 0. The highest BCUT2D eigenvalue weighted by Crippen LogP contribution is 2.28. The smallest absolute Gasteiger partial charge is 0.125 e. The van der Waals surface area contributed by atoms with E-state index in [4.69, 9.17) is 16.3 Å². The summed E-state index contributed by atoms with van der Waals surface area (Å²) in [7, 11) is 0. The first-order valence-electron chi connectivity index (χ1n) is 5.25. The second-order valence-electron chi connectivity index (χ2n) is 3.56. The standard InChI is InChI=1S/C12H17ClO2/c1-3-4-7-15-12-6-5-10(13)8-11(12)9(2)14/h5-6,8-9,14H,3-4,7H2,1-2H3/t9-/m1/s1. The van der Waals surface area contributed by atoms with Gasteiger partial charge in [-0.3, -0.25) is 0 Å². The summed E-state index contributed by atoms with van der Waals surface area (Å²) in [5, 5.41) is 10.2. The number of hydrogen-bond donors (Lipinski definition) is 1. The van der Waals surface area contributed by atoms with Gasteiger partial charge in [0.1, 0.15) is 5.75 Å². The lowest BCUT2D eigenvalue weighted by atomic mass is 10.1. The Balaban J connectivity index is 2.77. The van der Waals surface area contributed by atoms with Crippen LogP contribution in [0.25, 0.3) is 0 Å². The van der Waals surface area contributed by atoms with E-state index < -0.39 is 6.10 Å². The van der Waals surface area contributed by atoms with Crippen molar-refractivity contribution < 1.29 is 9.84 Å². The maximum Gasteiger partial charge on any atom is 0.125 e. The van der Waals surface area contributed by atoms with E-state index in [0.29, 0.717) is 11.6 Å². The summed E-state index contributed by atoms with van der Waals surface area (Å²) in [5.41, 5.74) is 0.749. The van der Waals surface area contributed by atoms with Crippen LogP contribution in [0.3, 0.4) is 0 Å². The molecule has 0 amide bonds. The minimum absolute atomic E-state index is 0.555. The topological polar surface area (TPSA) is 29.5 Å². The molecule has 0 aliphatic rings. The van der Waals surface area contributed by atoms with E-state index in [1.54, 1.807) is 25.1 Å². The lowest BCUT2D eigenvalue weighted by molar-refractivity contribution is 0.191. The Bertz CT molecular complexity index is 310. The SMILES string of the molecule is CCCCOc1ccc(Cl)cc1[C@@H](C)O. The number of aliphatic hydroxyl groups excluding tert-OH is 1. The van der Waals surface area contributed by atoms with Gasteiger partial charge >= 0.3 is 0 Å². The third-order valence-electron chi connectivity index (χ3n) is 2.18. The molecule has 0 bridgehead atoms. The first-order chi connectivity index (χ1) is 7.15. The number of rotatable bonds is 5. The van der Waals surface area contributed by atoms with Crippen molar-refractivity contribution in [3.8, 4) is 5.75 Å². The first kappa shape index (κ1) is 12.3. The van der Waals surface area contributed by atoms with Gasteiger partial charge < -0.3 is 9.84 Å². The van der Waals surface area contributed by atoms with Crippen molar-refractivity contribution >= 4 is 11.6 Å². The van der Waals surface area contributed by atoms with E-state index in [9.17, 15) is 5.11 Å². The molecule has 1 aromatic rings. The molecule has 0 heterocycles. The van der Waals surface area contributed by atoms with Gasteiger partial charge in [-0.15, -0.1) is 0 Å². The van der Waals surface area contributed by atoms with Crippen molar-refractivity contribution in [1.29, 1.82) is 0 Å². The van der Waals surface area contributed by atoms with Gasteiger partial charge in [0, 0.05) is 10.6 Å². The molecule has 0 aliphatic carbocycles. The van der Waals surface area contributed by atoms with E-state index in [0.717, 1.165) is 24.2 Å². The van der Waals surface area contributed by atoms with Gasteiger partial charge in [-0.05, 0) is 31.5 Å². The summed E-state index contributed by atoms with van der Waals surface area (Å²) in [6.07, 6.45) is 1.56.